The summed E-state index contributed by atoms with van der Waals surface area (Å²) in [5.41, 5.74) is 16.6. The van der Waals surface area contributed by atoms with Gasteiger partial charge in [0, 0.05) is 0 Å². The van der Waals surface area contributed by atoms with E-state index in [0.29, 0.717) is 24.9 Å². The van der Waals surface area contributed by atoms with Crippen LogP contribution in [0.4, 0.5) is 0 Å². The molecule has 7 N–H and O–H groups in total. The van der Waals surface area contributed by atoms with Gasteiger partial charge < -0.3 is 22.3 Å². The van der Waals surface area contributed by atoms with Crippen LogP contribution in [0.1, 0.15) is 26.7 Å². The molecule has 0 aliphatic heterocycles. The molecule has 0 saturated carbocycles. The molecule has 0 aliphatic carbocycles. The molecule has 0 aliphatic rings. The number of aliphatic hydroxyl groups excluding tert-OH is 1. The predicted molar refractivity (Wildman–Crippen MR) is 59.4 cm³/mol. The zero-order chi connectivity index (χ0) is 11.1. The molecule has 4 heteroatoms. The molecule has 0 aromatic heterocycles. The second kappa shape index (κ2) is 7.17. The minimum absolute atomic E-state index is 0.118. The first-order chi connectivity index (χ1) is 6.51. The van der Waals surface area contributed by atoms with Crippen LogP contribution in [0.2, 0.25) is 0 Å². The van der Waals surface area contributed by atoms with Gasteiger partial charge in [-0.2, -0.15) is 0 Å². The van der Waals surface area contributed by atoms with E-state index in [9.17, 15) is 5.11 Å². The van der Waals surface area contributed by atoms with Crippen LogP contribution in [0, 0.1) is 17.8 Å². The minimum Gasteiger partial charge on any atom is -0.379 e. The fourth-order valence-electron chi connectivity index (χ4n) is 1.60. The topological polar surface area (TPSA) is 98.3 Å². The Labute approximate surface area is 86.8 Å². The van der Waals surface area contributed by atoms with E-state index < -0.39 is 6.23 Å². The van der Waals surface area contributed by atoms with E-state index >= 15 is 0 Å². The fraction of sp³-hybridized carbons (Fsp3) is 1.00. The maximum Gasteiger partial charge on any atom is 0.105 e. The van der Waals surface area contributed by atoms with Crippen molar-refractivity contribution >= 4 is 0 Å². The zero-order valence-corrected chi connectivity index (χ0v) is 9.32. The van der Waals surface area contributed by atoms with Crippen molar-refractivity contribution in [1.29, 1.82) is 0 Å². The van der Waals surface area contributed by atoms with Gasteiger partial charge in [-0.3, -0.25) is 0 Å². The van der Waals surface area contributed by atoms with Gasteiger partial charge in [-0.05, 0) is 43.7 Å². The summed E-state index contributed by atoms with van der Waals surface area (Å²) in [6.07, 6.45) is 0.995. The number of hydrogen-bond donors (Lipinski definition) is 4. The van der Waals surface area contributed by atoms with E-state index in [0.717, 1.165) is 12.8 Å². The van der Waals surface area contributed by atoms with Gasteiger partial charge in [0.05, 0.1) is 0 Å². The van der Waals surface area contributed by atoms with Crippen LogP contribution < -0.4 is 17.2 Å². The van der Waals surface area contributed by atoms with Crippen LogP contribution in [0.25, 0.3) is 0 Å². The molecule has 3 unspecified atom stereocenters. The van der Waals surface area contributed by atoms with Gasteiger partial charge in [0.2, 0.25) is 0 Å². The molecular weight excluding hydrogens is 178 g/mol. The van der Waals surface area contributed by atoms with Gasteiger partial charge in [0.15, 0.2) is 0 Å². The van der Waals surface area contributed by atoms with Crippen LogP contribution in [0.5, 0.6) is 0 Å². The summed E-state index contributed by atoms with van der Waals surface area (Å²) in [7, 11) is 0. The highest BCUT2D eigenvalue weighted by Gasteiger charge is 2.20. The molecule has 0 heterocycles. The SMILES string of the molecule is CC(CN)CC(CC(C)CN)C(N)O. The zero-order valence-electron chi connectivity index (χ0n) is 9.32. The number of hydrogen-bond acceptors (Lipinski definition) is 4. The van der Waals surface area contributed by atoms with Crippen molar-refractivity contribution in [3.05, 3.63) is 0 Å². The van der Waals surface area contributed by atoms with E-state index in [2.05, 4.69) is 13.8 Å². The van der Waals surface area contributed by atoms with Crippen LogP contribution >= 0.6 is 0 Å². The van der Waals surface area contributed by atoms with Crippen LogP contribution in [0.15, 0.2) is 0 Å². The lowest BCUT2D eigenvalue weighted by Crippen LogP contribution is -2.34. The summed E-state index contributed by atoms with van der Waals surface area (Å²) in [5, 5.41) is 9.40. The third-order valence-electron chi connectivity index (χ3n) is 2.70. The van der Waals surface area contributed by atoms with E-state index in [1.165, 1.54) is 0 Å². The Hall–Kier alpha value is -0.160. The highest BCUT2D eigenvalue weighted by molar-refractivity contribution is 4.71. The molecule has 0 amide bonds. The molecule has 0 radical (unpaired) electrons. The summed E-state index contributed by atoms with van der Waals surface area (Å²) in [5.74, 6) is 0.929. The molecule has 0 saturated heterocycles. The van der Waals surface area contributed by atoms with E-state index in [1.807, 2.05) is 0 Å². The average molecular weight is 203 g/mol. The van der Waals surface area contributed by atoms with Crippen molar-refractivity contribution in [2.75, 3.05) is 13.1 Å². The Balaban J connectivity index is 4.02. The fourth-order valence-corrected chi connectivity index (χ4v) is 1.60. The maximum atomic E-state index is 9.40. The van der Waals surface area contributed by atoms with Crippen LogP contribution in [-0.2, 0) is 0 Å². The van der Waals surface area contributed by atoms with Gasteiger partial charge in [0.1, 0.15) is 6.23 Å². The molecule has 0 spiro atoms. The Kier molecular flexibility index (Phi) is 7.09. The average Bonchev–Trinajstić information content (AvgIpc) is 2.16. The molecule has 0 aromatic carbocycles. The van der Waals surface area contributed by atoms with Gasteiger partial charge in [-0.1, -0.05) is 13.8 Å². The summed E-state index contributed by atoms with van der Waals surface area (Å²) in [6, 6.07) is 0. The summed E-state index contributed by atoms with van der Waals surface area (Å²) in [6.45, 7) is 5.42. The lowest BCUT2D eigenvalue weighted by Gasteiger charge is -2.25. The first kappa shape index (κ1) is 13.8. The first-order valence-electron chi connectivity index (χ1n) is 5.35. The smallest absolute Gasteiger partial charge is 0.105 e. The highest BCUT2D eigenvalue weighted by atomic mass is 16.3. The maximum absolute atomic E-state index is 9.40. The molecule has 0 aromatic rings. The largest absolute Gasteiger partial charge is 0.379 e. The summed E-state index contributed by atoms with van der Waals surface area (Å²) >= 11 is 0. The van der Waals surface area contributed by atoms with Crippen molar-refractivity contribution in [2.24, 2.45) is 35.0 Å². The molecule has 0 bridgehead atoms. The third-order valence-corrected chi connectivity index (χ3v) is 2.70. The van der Waals surface area contributed by atoms with Gasteiger partial charge in [-0.25, -0.2) is 0 Å². The first-order valence-corrected chi connectivity index (χ1v) is 5.35. The Morgan fingerprint density at radius 2 is 1.36 bits per heavy atom. The third kappa shape index (κ3) is 5.54. The number of rotatable bonds is 7. The summed E-state index contributed by atoms with van der Waals surface area (Å²) in [4.78, 5) is 0. The second-order valence-corrected chi connectivity index (χ2v) is 4.40. The van der Waals surface area contributed by atoms with E-state index in [1.54, 1.807) is 0 Å². The van der Waals surface area contributed by atoms with Crippen molar-refractivity contribution in [3.63, 3.8) is 0 Å². The Morgan fingerprint density at radius 1 is 1.00 bits per heavy atom. The van der Waals surface area contributed by atoms with Crippen LogP contribution in [-0.4, -0.2) is 24.4 Å². The molecule has 0 fully saturated rings. The number of nitrogens with two attached hydrogens (primary N) is 3. The molecule has 3 atom stereocenters. The monoisotopic (exact) mass is 203 g/mol. The Bertz CT molecular complexity index is 129. The molecule has 86 valence electrons. The van der Waals surface area contributed by atoms with Crippen molar-refractivity contribution in [2.45, 2.75) is 32.9 Å². The van der Waals surface area contributed by atoms with E-state index in [4.69, 9.17) is 17.2 Å². The Morgan fingerprint density at radius 3 is 1.57 bits per heavy atom. The van der Waals surface area contributed by atoms with Gasteiger partial charge >= 0.3 is 0 Å². The normalized spacial score (nSPS) is 20.1. The van der Waals surface area contributed by atoms with Crippen molar-refractivity contribution in [1.82, 2.24) is 0 Å². The molecule has 4 nitrogen and oxygen atoms in total. The molecule has 0 rings (SSSR count). The lowest BCUT2D eigenvalue weighted by atomic mass is 9.87. The minimum atomic E-state index is -0.752. The van der Waals surface area contributed by atoms with Gasteiger partial charge in [-0.15, -0.1) is 0 Å². The molecule has 14 heavy (non-hydrogen) atoms. The summed E-state index contributed by atoms with van der Waals surface area (Å²) < 4.78 is 0. The predicted octanol–water partition coefficient (Wildman–Crippen LogP) is -0.150. The van der Waals surface area contributed by atoms with Crippen molar-refractivity contribution < 1.29 is 5.11 Å². The molecular formula is C10H25N3O. The van der Waals surface area contributed by atoms with Crippen molar-refractivity contribution in [3.8, 4) is 0 Å². The number of aliphatic hydroxyl groups is 1. The standard InChI is InChI=1S/C10H25N3O/c1-7(5-11)3-9(10(13)14)4-8(2)6-12/h7-10,14H,3-6,11-13H2,1-2H3. The quantitative estimate of drug-likeness (QED) is 0.432. The van der Waals surface area contributed by atoms with Crippen LogP contribution in [0.3, 0.4) is 0 Å². The lowest BCUT2D eigenvalue weighted by molar-refractivity contribution is 0.0860. The van der Waals surface area contributed by atoms with E-state index in [-0.39, 0.29) is 5.92 Å². The van der Waals surface area contributed by atoms with Gasteiger partial charge in [0.25, 0.3) is 0 Å². The second-order valence-electron chi connectivity index (χ2n) is 4.40. The highest BCUT2D eigenvalue weighted by Crippen LogP contribution is 2.21.